The van der Waals surface area contributed by atoms with E-state index in [-0.39, 0.29) is 0 Å². The molecule has 0 saturated heterocycles. The van der Waals surface area contributed by atoms with Gasteiger partial charge in [-0.05, 0) is 38.5 Å². The fraction of sp³-hybridized carbons (Fsp3) is 0.765. The second-order valence-electron chi connectivity index (χ2n) is 6.87. The van der Waals surface area contributed by atoms with Crippen molar-refractivity contribution in [3.05, 3.63) is 15.6 Å². The van der Waals surface area contributed by atoms with Crippen LogP contribution in [0.5, 0.6) is 0 Å². The Bertz CT molecular complexity index is 539. The number of hydrogen-bond acceptors (Lipinski definition) is 4. The summed E-state index contributed by atoms with van der Waals surface area (Å²) in [5.41, 5.74) is 0.754. The first kappa shape index (κ1) is 16.7. The molecule has 1 fully saturated rings. The highest BCUT2D eigenvalue weighted by Gasteiger charge is 2.31. The molecule has 2 aliphatic carbocycles. The number of hydrogen-bond donors (Lipinski definition) is 2. The SMILES string of the molecule is CN=C(NCC1(O)CCCC1)N(C)Cc1nc2c(s1)CCCC2. The second-order valence-corrected chi connectivity index (χ2v) is 8.04. The van der Waals surface area contributed by atoms with E-state index in [4.69, 9.17) is 4.98 Å². The molecule has 0 amide bonds. The largest absolute Gasteiger partial charge is 0.388 e. The summed E-state index contributed by atoms with van der Waals surface area (Å²) in [4.78, 5) is 12.7. The van der Waals surface area contributed by atoms with Crippen molar-refractivity contribution in [2.75, 3.05) is 20.6 Å². The molecule has 23 heavy (non-hydrogen) atoms. The lowest BCUT2D eigenvalue weighted by Crippen LogP contribution is -2.46. The quantitative estimate of drug-likeness (QED) is 0.654. The third-order valence-electron chi connectivity index (χ3n) is 4.95. The Kier molecular flexibility index (Phi) is 5.21. The maximum atomic E-state index is 10.5. The Balaban J connectivity index is 1.57. The standard InChI is InChI=1S/C17H28N4OS/c1-18-16(19-12-17(22)9-5-6-10-17)21(2)11-15-20-13-7-3-4-8-14(13)23-15/h22H,3-12H2,1-2H3,(H,18,19). The van der Waals surface area contributed by atoms with Crippen molar-refractivity contribution in [3.63, 3.8) is 0 Å². The van der Waals surface area contributed by atoms with Crippen LogP contribution in [0.4, 0.5) is 0 Å². The molecule has 3 rings (SSSR count). The fourth-order valence-corrected chi connectivity index (χ4v) is 4.80. The summed E-state index contributed by atoms with van der Waals surface area (Å²) < 4.78 is 0. The summed E-state index contributed by atoms with van der Waals surface area (Å²) in [6.07, 6.45) is 8.92. The molecule has 0 unspecified atom stereocenters. The highest BCUT2D eigenvalue weighted by atomic mass is 32.1. The predicted octanol–water partition coefficient (Wildman–Crippen LogP) is 2.33. The van der Waals surface area contributed by atoms with Crippen LogP contribution in [0.1, 0.15) is 54.1 Å². The Morgan fingerprint density at radius 2 is 2.04 bits per heavy atom. The van der Waals surface area contributed by atoms with E-state index in [0.29, 0.717) is 6.54 Å². The van der Waals surface area contributed by atoms with Crippen molar-refractivity contribution in [2.24, 2.45) is 4.99 Å². The van der Waals surface area contributed by atoms with Crippen molar-refractivity contribution >= 4 is 17.3 Å². The molecular weight excluding hydrogens is 308 g/mol. The summed E-state index contributed by atoms with van der Waals surface area (Å²) in [7, 11) is 3.83. The monoisotopic (exact) mass is 336 g/mol. The zero-order chi connectivity index (χ0) is 16.3. The van der Waals surface area contributed by atoms with Crippen molar-refractivity contribution in [2.45, 2.75) is 63.5 Å². The highest BCUT2D eigenvalue weighted by molar-refractivity contribution is 7.11. The van der Waals surface area contributed by atoms with Gasteiger partial charge in [0.15, 0.2) is 5.96 Å². The highest BCUT2D eigenvalue weighted by Crippen LogP contribution is 2.29. The number of nitrogens with zero attached hydrogens (tertiary/aromatic N) is 3. The molecule has 128 valence electrons. The molecule has 0 aromatic carbocycles. The average molecular weight is 337 g/mol. The lowest BCUT2D eigenvalue weighted by atomic mass is 10.0. The Morgan fingerprint density at radius 1 is 1.30 bits per heavy atom. The maximum Gasteiger partial charge on any atom is 0.193 e. The zero-order valence-electron chi connectivity index (χ0n) is 14.3. The van der Waals surface area contributed by atoms with Gasteiger partial charge in [-0.1, -0.05) is 12.8 Å². The lowest BCUT2D eigenvalue weighted by Gasteiger charge is -2.27. The minimum absolute atomic E-state index is 0.558. The molecule has 1 heterocycles. The van der Waals surface area contributed by atoms with Gasteiger partial charge in [-0.3, -0.25) is 4.99 Å². The van der Waals surface area contributed by atoms with Crippen LogP contribution in [-0.4, -0.2) is 47.2 Å². The molecule has 6 heteroatoms. The van der Waals surface area contributed by atoms with E-state index in [1.54, 1.807) is 7.05 Å². The number of aliphatic hydroxyl groups is 1. The fourth-order valence-electron chi connectivity index (χ4n) is 3.59. The summed E-state index contributed by atoms with van der Waals surface area (Å²) in [5, 5.41) is 15.0. The van der Waals surface area contributed by atoms with E-state index in [1.165, 1.54) is 34.8 Å². The number of fused-ring (bicyclic) bond motifs is 1. The molecule has 1 saturated carbocycles. The molecule has 0 aliphatic heterocycles. The molecule has 2 N–H and O–H groups in total. The second kappa shape index (κ2) is 7.18. The molecule has 2 aliphatic rings. The van der Waals surface area contributed by atoms with Crippen LogP contribution in [0.3, 0.4) is 0 Å². The van der Waals surface area contributed by atoms with Gasteiger partial charge in [0.1, 0.15) is 5.01 Å². The van der Waals surface area contributed by atoms with Crippen molar-refractivity contribution in [1.29, 1.82) is 0 Å². The van der Waals surface area contributed by atoms with E-state index in [9.17, 15) is 5.11 Å². The number of aryl methyl sites for hydroxylation is 2. The molecular formula is C17H28N4OS. The number of aliphatic imine (C=N–C) groups is 1. The van der Waals surface area contributed by atoms with Crippen LogP contribution in [0.15, 0.2) is 4.99 Å². The Hall–Kier alpha value is -1.14. The molecule has 0 spiro atoms. The Labute approximate surface area is 142 Å². The third kappa shape index (κ3) is 4.04. The van der Waals surface area contributed by atoms with Crippen LogP contribution in [0.2, 0.25) is 0 Å². The van der Waals surface area contributed by atoms with Gasteiger partial charge in [0.2, 0.25) is 0 Å². The Morgan fingerprint density at radius 3 is 2.74 bits per heavy atom. The summed E-state index contributed by atoms with van der Waals surface area (Å²) in [5.74, 6) is 0.832. The molecule has 0 bridgehead atoms. The van der Waals surface area contributed by atoms with Gasteiger partial charge in [0, 0.05) is 25.5 Å². The lowest BCUT2D eigenvalue weighted by molar-refractivity contribution is 0.0516. The van der Waals surface area contributed by atoms with Gasteiger partial charge >= 0.3 is 0 Å². The van der Waals surface area contributed by atoms with Crippen molar-refractivity contribution in [3.8, 4) is 0 Å². The van der Waals surface area contributed by atoms with Crippen LogP contribution in [0.25, 0.3) is 0 Å². The van der Waals surface area contributed by atoms with Crippen LogP contribution in [-0.2, 0) is 19.4 Å². The van der Waals surface area contributed by atoms with Gasteiger partial charge in [0.05, 0.1) is 17.8 Å². The van der Waals surface area contributed by atoms with Gasteiger partial charge in [-0.25, -0.2) is 4.98 Å². The first-order valence-electron chi connectivity index (χ1n) is 8.71. The number of guanidine groups is 1. The number of aromatic nitrogens is 1. The third-order valence-corrected chi connectivity index (χ3v) is 6.09. The van der Waals surface area contributed by atoms with E-state index in [2.05, 4.69) is 15.2 Å². The van der Waals surface area contributed by atoms with Gasteiger partial charge in [-0.15, -0.1) is 11.3 Å². The van der Waals surface area contributed by atoms with Gasteiger partial charge in [-0.2, -0.15) is 0 Å². The van der Waals surface area contributed by atoms with Crippen LogP contribution in [0, 0.1) is 0 Å². The molecule has 0 atom stereocenters. The van der Waals surface area contributed by atoms with Crippen molar-refractivity contribution < 1.29 is 5.11 Å². The summed E-state index contributed by atoms with van der Waals surface area (Å²) in [6.45, 7) is 1.36. The minimum Gasteiger partial charge on any atom is -0.388 e. The smallest absolute Gasteiger partial charge is 0.193 e. The van der Waals surface area contributed by atoms with Crippen molar-refractivity contribution in [1.82, 2.24) is 15.2 Å². The molecule has 0 radical (unpaired) electrons. The average Bonchev–Trinajstić information content (AvgIpc) is 3.13. The topological polar surface area (TPSA) is 60.8 Å². The van der Waals surface area contributed by atoms with E-state index in [1.807, 2.05) is 18.4 Å². The molecule has 1 aromatic heterocycles. The predicted molar refractivity (Wildman–Crippen MR) is 95.0 cm³/mol. The van der Waals surface area contributed by atoms with E-state index in [0.717, 1.165) is 44.6 Å². The van der Waals surface area contributed by atoms with Gasteiger partial charge < -0.3 is 15.3 Å². The first-order chi connectivity index (χ1) is 11.1. The molecule has 5 nitrogen and oxygen atoms in total. The molecule has 1 aromatic rings. The van der Waals surface area contributed by atoms with E-state index < -0.39 is 5.60 Å². The number of nitrogens with one attached hydrogen (secondary N) is 1. The summed E-state index contributed by atoms with van der Waals surface area (Å²) in [6, 6.07) is 0. The maximum absolute atomic E-state index is 10.5. The zero-order valence-corrected chi connectivity index (χ0v) is 15.1. The summed E-state index contributed by atoms with van der Waals surface area (Å²) >= 11 is 1.85. The van der Waals surface area contributed by atoms with E-state index >= 15 is 0 Å². The van der Waals surface area contributed by atoms with Gasteiger partial charge in [0.25, 0.3) is 0 Å². The van der Waals surface area contributed by atoms with Crippen LogP contribution >= 0.6 is 11.3 Å². The number of thiazole rings is 1. The number of rotatable bonds is 4. The van der Waals surface area contributed by atoms with Crippen LogP contribution < -0.4 is 5.32 Å². The minimum atomic E-state index is -0.558. The normalized spacial score (nSPS) is 20.4. The first-order valence-corrected chi connectivity index (χ1v) is 9.53.